The predicted molar refractivity (Wildman–Crippen MR) is 71.5 cm³/mol. The molecule has 96 valence electrons. The van der Waals surface area contributed by atoms with Gasteiger partial charge in [-0.05, 0) is 44.1 Å². The van der Waals surface area contributed by atoms with Gasteiger partial charge in [-0.2, -0.15) is 0 Å². The normalized spacial score (nSPS) is 28.3. The van der Waals surface area contributed by atoms with Crippen molar-refractivity contribution in [3.63, 3.8) is 0 Å². The van der Waals surface area contributed by atoms with Crippen LogP contribution >= 0.6 is 0 Å². The number of nitrogens with zero attached hydrogens (tertiary/aromatic N) is 1. The van der Waals surface area contributed by atoms with Crippen molar-refractivity contribution in [3.05, 3.63) is 0 Å². The Labute approximate surface area is 102 Å². The molecule has 1 atom stereocenters. The number of nitrogens with two attached hydrogens (primary N) is 1. The van der Waals surface area contributed by atoms with Gasteiger partial charge in [0.1, 0.15) is 0 Å². The first-order valence-electron chi connectivity index (χ1n) is 7.13. The SMILES string of the molecule is CCC(C)CN(CC)CC1CCC(N)CC1. The van der Waals surface area contributed by atoms with Gasteiger partial charge in [0.2, 0.25) is 0 Å². The number of hydrogen-bond acceptors (Lipinski definition) is 2. The molecule has 0 aliphatic heterocycles. The van der Waals surface area contributed by atoms with E-state index in [-0.39, 0.29) is 0 Å². The van der Waals surface area contributed by atoms with Crippen molar-refractivity contribution in [2.75, 3.05) is 19.6 Å². The van der Waals surface area contributed by atoms with Crippen LogP contribution in [0.25, 0.3) is 0 Å². The van der Waals surface area contributed by atoms with Gasteiger partial charge >= 0.3 is 0 Å². The smallest absolute Gasteiger partial charge is 0.00390 e. The fourth-order valence-corrected chi connectivity index (χ4v) is 2.64. The van der Waals surface area contributed by atoms with E-state index in [0.29, 0.717) is 6.04 Å². The van der Waals surface area contributed by atoms with Gasteiger partial charge in [0.15, 0.2) is 0 Å². The summed E-state index contributed by atoms with van der Waals surface area (Å²) in [6, 6.07) is 0.487. The first-order valence-corrected chi connectivity index (χ1v) is 7.13. The van der Waals surface area contributed by atoms with Crippen LogP contribution in [0.15, 0.2) is 0 Å². The summed E-state index contributed by atoms with van der Waals surface area (Å²) >= 11 is 0. The van der Waals surface area contributed by atoms with Crippen molar-refractivity contribution in [1.82, 2.24) is 4.90 Å². The molecule has 2 nitrogen and oxygen atoms in total. The molecule has 0 radical (unpaired) electrons. The summed E-state index contributed by atoms with van der Waals surface area (Å²) < 4.78 is 0. The summed E-state index contributed by atoms with van der Waals surface area (Å²) in [6.45, 7) is 10.7. The molecule has 1 unspecified atom stereocenters. The maximum atomic E-state index is 5.95. The van der Waals surface area contributed by atoms with Gasteiger partial charge in [-0.25, -0.2) is 0 Å². The molecule has 1 fully saturated rings. The molecule has 0 aromatic heterocycles. The van der Waals surface area contributed by atoms with Crippen molar-refractivity contribution < 1.29 is 0 Å². The average Bonchev–Trinajstić information content (AvgIpc) is 2.30. The van der Waals surface area contributed by atoms with Gasteiger partial charge in [-0.15, -0.1) is 0 Å². The largest absolute Gasteiger partial charge is 0.328 e. The van der Waals surface area contributed by atoms with Crippen LogP contribution in [0.4, 0.5) is 0 Å². The Morgan fingerprint density at radius 2 is 1.81 bits per heavy atom. The maximum Gasteiger partial charge on any atom is 0.00390 e. The monoisotopic (exact) mass is 226 g/mol. The topological polar surface area (TPSA) is 29.3 Å². The van der Waals surface area contributed by atoms with E-state index in [2.05, 4.69) is 25.7 Å². The lowest BCUT2D eigenvalue weighted by atomic mass is 9.86. The zero-order valence-corrected chi connectivity index (χ0v) is 11.4. The summed E-state index contributed by atoms with van der Waals surface area (Å²) in [7, 11) is 0. The van der Waals surface area contributed by atoms with Crippen molar-refractivity contribution in [3.8, 4) is 0 Å². The molecule has 16 heavy (non-hydrogen) atoms. The third-order valence-electron chi connectivity index (χ3n) is 4.12. The molecule has 1 rings (SSSR count). The number of rotatable bonds is 6. The summed E-state index contributed by atoms with van der Waals surface area (Å²) in [5.41, 5.74) is 5.95. The van der Waals surface area contributed by atoms with Crippen molar-refractivity contribution >= 4 is 0 Å². The Hall–Kier alpha value is -0.0800. The van der Waals surface area contributed by atoms with Crippen LogP contribution in [-0.2, 0) is 0 Å². The van der Waals surface area contributed by atoms with Crippen LogP contribution in [0.3, 0.4) is 0 Å². The Bertz CT molecular complexity index is 174. The molecular formula is C14H30N2. The van der Waals surface area contributed by atoms with Crippen LogP contribution in [0.2, 0.25) is 0 Å². The van der Waals surface area contributed by atoms with Crippen LogP contribution < -0.4 is 5.73 Å². The molecule has 0 saturated heterocycles. The molecule has 2 N–H and O–H groups in total. The second-order valence-electron chi connectivity index (χ2n) is 5.65. The van der Waals surface area contributed by atoms with E-state index in [1.807, 2.05) is 0 Å². The third-order valence-corrected chi connectivity index (χ3v) is 4.12. The molecule has 1 aliphatic rings. The fraction of sp³-hybridized carbons (Fsp3) is 1.00. The first-order chi connectivity index (χ1) is 7.65. The molecule has 0 amide bonds. The summed E-state index contributed by atoms with van der Waals surface area (Å²) in [5.74, 6) is 1.75. The van der Waals surface area contributed by atoms with Gasteiger partial charge in [0.05, 0.1) is 0 Å². The minimum atomic E-state index is 0.487. The molecule has 0 aromatic carbocycles. The highest BCUT2D eigenvalue weighted by Crippen LogP contribution is 2.24. The third kappa shape index (κ3) is 4.84. The van der Waals surface area contributed by atoms with Crippen LogP contribution in [0.5, 0.6) is 0 Å². The molecule has 0 bridgehead atoms. The van der Waals surface area contributed by atoms with Gasteiger partial charge in [-0.3, -0.25) is 0 Å². The molecule has 0 spiro atoms. The molecule has 2 heteroatoms. The van der Waals surface area contributed by atoms with Gasteiger partial charge < -0.3 is 10.6 Å². The van der Waals surface area contributed by atoms with E-state index in [4.69, 9.17) is 5.73 Å². The van der Waals surface area contributed by atoms with Gasteiger partial charge in [0, 0.05) is 19.1 Å². The second-order valence-corrected chi connectivity index (χ2v) is 5.65. The minimum absolute atomic E-state index is 0.487. The Balaban J connectivity index is 2.27. The highest BCUT2D eigenvalue weighted by molar-refractivity contribution is 4.77. The summed E-state index contributed by atoms with van der Waals surface area (Å²) in [5, 5.41) is 0. The average molecular weight is 226 g/mol. The van der Waals surface area contributed by atoms with Crippen LogP contribution in [0.1, 0.15) is 52.9 Å². The highest BCUT2D eigenvalue weighted by Gasteiger charge is 2.20. The van der Waals surface area contributed by atoms with Crippen molar-refractivity contribution in [2.24, 2.45) is 17.6 Å². The second kappa shape index (κ2) is 7.29. The van der Waals surface area contributed by atoms with E-state index in [1.54, 1.807) is 0 Å². The van der Waals surface area contributed by atoms with E-state index >= 15 is 0 Å². The lowest BCUT2D eigenvalue weighted by Crippen LogP contribution is -2.36. The molecule has 1 aliphatic carbocycles. The first kappa shape index (κ1) is 14.0. The quantitative estimate of drug-likeness (QED) is 0.754. The van der Waals surface area contributed by atoms with Crippen molar-refractivity contribution in [1.29, 1.82) is 0 Å². The Morgan fingerprint density at radius 1 is 1.19 bits per heavy atom. The predicted octanol–water partition coefficient (Wildman–Crippen LogP) is 2.87. The molecule has 0 aromatic rings. The minimum Gasteiger partial charge on any atom is -0.328 e. The van der Waals surface area contributed by atoms with Crippen LogP contribution in [-0.4, -0.2) is 30.6 Å². The Kier molecular flexibility index (Phi) is 6.37. The van der Waals surface area contributed by atoms with E-state index in [9.17, 15) is 0 Å². The van der Waals surface area contributed by atoms with Gasteiger partial charge in [0.25, 0.3) is 0 Å². The fourth-order valence-electron chi connectivity index (χ4n) is 2.64. The van der Waals surface area contributed by atoms with Gasteiger partial charge in [-0.1, -0.05) is 27.2 Å². The lowest BCUT2D eigenvalue weighted by molar-refractivity contribution is 0.181. The van der Waals surface area contributed by atoms with Crippen LogP contribution in [0, 0.1) is 11.8 Å². The summed E-state index contributed by atoms with van der Waals surface area (Å²) in [6.07, 6.45) is 6.47. The zero-order valence-electron chi connectivity index (χ0n) is 11.4. The Morgan fingerprint density at radius 3 is 2.31 bits per heavy atom. The molecule has 0 heterocycles. The highest BCUT2D eigenvalue weighted by atomic mass is 15.1. The molecular weight excluding hydrogens is 196 g/mol. The van der Waals surface area contributed by atoms with E-state index in [1.165, 1.54) is 51.7 Å². The number of hydrogen-bond donors (Lipinski definition) is 1. The standard InChI is InChI=1S/C14H30N2/c1-4-12(3)10-16(5-2)11-13-6-8-14(15)9-7-13/h12-14H,4-11,15H2,1-3H3. The van der Waals surface area contributed by atoms with Crippen molar-refractivity contribution in [2.45, 2.75) is 58.9 Å². The summed E-state index contributed by atoms with van der Waals surface area (Å²) in [4.78, 5) is 2.63. The maximum absolute atomic E-state index is 5.95. The van der Waals surface area contributed by atoms with E-state index < -0.39 is 0 Å². The lowest BCUT2D eigenvalue weighted by Gasteiger charge is -2.32. The van der Waals surface area contributed by atoms with E-state index in [0.717, 1.165) is 11.8 Å². The molecule has 1 saturated carbocycles. The zero-order chi connectivity index (χ0) is 12.0.